The Morgan fingerprint density at radius 3 is 2.86 bits per heavy atom. The van der Waals surface area contributed by atoms with Crippen LogP contribution in [0.25, 0.3) is 0 Å². The molecule has 0 saturated carbocycles. The van der Waals surface area contributed by atoms with Gasteiger partial charge in [0.25, 0.3) is 0 Å². The Balaban J connectivity index is 2.26. The van der Waals surface area contributed by atoms with Crippen LogP contribution in [0.3, 0.4) is 0 Å². The molecule has 1 aliphatic heterocycles. The Morgan fingerprint density at radius 1 is 1.45 bits per heavy atom. The maximum Gasteiger partial charge on any atom is 0.161 e. The molecule has 2 rings (SSSR count). The Kier molecular flexibility index (Phi) is 6.06. The summed E-state index contributed by atoms with van der Waals surface area (Å²) < 4.78 is 5.55. The van der Waals surface area contributed by atoms with E-state index in [1.165, 1.54) is 5.56 Å². The van der Waals surface area contributed by atoms with E-state index in [0.29, 0.717) is 24.4 Å². The van der Waals surface area contributed by atoms with Crippen molar-refractivity contribution in [3.63, 3.8) is 0 Å². The summed E-state index contributed by atoms with van der Waals surface area (Å²) in [7, 11) is 4.20. The average molecular weight is 307 g/mol. The van der Waals surface area contributed by atoms with Crippen LogP contribution in [0.2, 0.25) is 0 Å². The van der Waals surface area contributed by atoms with Crippen molar-refractivity contribution in [1.29, 1.82) is 0 Å². The summed E-state index contributed by atoms with van der Waals surface area (Å²) in [5.41, 5.74) is 1.20. The van der Waals surface area contributed by atoms with Gasteiger partial charge in [0.15, 0.2) is 11.5 Å². The highest BCUT2D eigenvalue weighted by Crippen LogP contribution is 2.32. The molecule has 2 unspecified atom stereocenters. The van der Waals surface area contributed by atoms with Crippen LogP contribution in [0, 0.1) is 0 Å². The summed E-state index contributed by atoms with van der Waals surface area (Å²) in [6, 6.07) is 6.55. The zero-order valence-corrected chi connectivity index (χ0v) is 14.2. The summed E-state index contributed by atoms with van der Waals surface area (Å²) in [5, 5.41) is 13.4. The molecule has 1 heterocycles. The second-order valence-corrected chi connectivity index (χ2v) is 6.29. The maximum absolute atomic E-state index is 9.92. The van der Waals surface area contributed by atoms with Gasteiger partial charge < -0.3 is 20.1 Å². The highest BCUT2D eigenvalue weighted by molar-refractivity contribution is 5.43. The number of ether oxygens (including phenoxy) is 1. The number of likely N-dealkylation sites (N-methyl/N-ethyl adjacent to an activating group) is 1. The highest BCUT2D eigenvalue weighted by atomic mass is 16.5. The first kappa shape index (κ1) is 17.1. The number of hydrogen-bond acceptors (Lipinski definition) is 5. The number of phenolic OH excluding ortho intramolecular Hbond substituents is 1. The summed E-state index contributed by atoms with van der Waals surface area (Å²) in [5.74, 6) is 0.787. The van der Waals surface area contributed by atoms with Crippen LogP contribution in [0.15, 0.2) is 18.2 Å². The minimum absolute atomic E-state index is 0.211. The van der Waals surface area contributed by atoms with E-state index in [-0.39, 0.29) is 5.75 Å². The molecule has 2 atom stereocenters. The van der Waals surface area contributed by atoms with Crippen LogP contribution in [0.5, 0.6) is 11.5 Å². The van der Waals surface area contributed by atoms with Crippen molar-refractivity contribution in [1.82, 2.24) is 15.1 Å². The third-order valence-corrected chi connectivity index (χ3v) is 4.05. The number of phenols is 1. The number of rotatable bonds is 6. The lowest BCUT2D eigenvalue weighted by Crippen LogP contribution is -2.51. The van der Waals surface area contributed by atoms with Gasteiger partial charge in [-0.1, -0.05) is 6.07 Å². The molecule has 5 heteroatoms. The van der Waals surface area contributed by atoms with Crippen LogP contribution >= 0.6 is 0 Å². The molecule has 1 aliphatic rings. The lowest BCUT2D eigenvalue weighted by molar-refractivity contribution is 0.125. The number of aromatic hydroxyl groups is 1. The van der Waals surface area contributed by atoms with Gasteiger partial charge in [-0.3, -0.25) is 4.90 Å². The summed E-state index contributed by atoms with van der Waals surface area (Å²) >= 11 is 0. The second-order valence-electron chi connectivity index (χ2n) is 6.29. The molecule has 0 aromatic heterocycles. The maximum atomic E-state index is 9.92. The van der Waals surface area contributed by atoms with Gasteiger partial charge in [0.1, 0.15) is 0 Å². The van der Waals surface area contributed by atoms with Gasteiger partial charge in [-0.15, -0.1) is 0 Å². The minimum atomic E-state index is 0.211. The topological polar surface area (TPSA) is 48.0 Å². The Hall–Kier alpha value is -1.30. The predicted molar refractivity (Wildman–Crippen MR) is 89.6 cm³/mol. The number of nitrogens with one attached hydrogen (secondary N) is 1. The first-order valence-corrected chi connectivity index (χ1v) is 8.09. The van der Waals surface area contributed by atoms with Crippen LogP contribution in [-0.4, -0.2) is 67.8 Å². The number of piperazine rings is 1. The van der Waals surface area contributed by atoms with Crippen molar-refractivity contribution in [3.8, 4) is 11.5 Å². The molecule has 0 bridgehead atoms. The quantitative estimate of drug-likeness (QED) is 0.837. The van der Waals surface area contributed by atoms with Gasteiger partial charge in [-0.05, 0) is 45.6 Å². The van der Waals surface area contributed by atoms with E-state index in [4.69, 9.17) is 4.74 Å². The van der Waals surface area contributed by atoms with Crippen molar-refractivity contribution in [2.75, 3.05) is 46.9 Å². The monoisotopic (exact) mass is 307 g/mol. The first-order chi connectivity index (χ1) is 10.5. The van der Waals surface area contributed by atoms with Gasteiger partial charge in [-0.2, -0.15) is 0 Å². The molecule has 0 aliphatic carbocycles. The first-order valence-electron chi connectivity index (χ1n) is 8.09. The van der Waals surface area contributed by atoms with Crippen molar-refractivity contribution in [2.24, 2.45) is 0 Å². The van der Waals surface area contributed by atoms with Crippen molar-refractivity contribution < 1.29 is 9.84 Å². The van der Waals surface area contributed by atoms with Crippen molar-refractivity contribution >= 4 is 0 Å². The molecular weight excluding hydrogens is 278 g/mol. The number of benzene rings is 1. The van der Waals surface area contributed by atoms with E-state index in [9.17, 15) is 5.11 Å². The standard InChI is InChI=1S/C17H29N3O2/c1-5-22-17-10-14(6-7-16(17)21)15(12-19(3)4)20-9-8-18-13(2)11-20/h6-7,10,13,15,18,21H,5,8-9,11-12H2,1-4H3. The van der Waals surface area contributed by atoms with E-state index in [1.54, 1.807) is 6.07 Å². The SMILES string of the molecule is CCOc1cc(C(CN(C)C)N2CCNC(C)C2)ccc1O. The highest BCUT2D eigenvalue weighted by Gasteiger charge is 2.26. The van der Waals surface area contributed by atoms with Crippen LogP contribution in [0.1, 0.15) is 25.5 Å². The molecular formula is C17H29N3O2. The Labute approximate surface area is 133 Å². The molecule has 2 N–H and O–H groups in total. The van der Waals surface area contributed by atoms with Crippen LogP contribution in [-0.2, 0) is 0 Å². The second kappa shape index (κ2) is 7.81. The van der Waals surface area contributed by atoms with Gasteiger partial charge in [0.05, 0.1) is 6.61 Å². The molecule has 1 aromatic carbocycles. The van der Waals surface area contributed by atoms with Crippen molar-refractivity contribution in [3.05, 3.63) is 23.8 Å². The molecule has 0 spiro atoms. The third-order valence-electron chi connectivity index (χ3n) is 4.05. The molecule has 1 aromatic rings. The van der Waals surface area contributed by atoms with E-state index >= 15 is 0 Å². The normalized spacial score (nSPS) is 21.0. The zero-order chi connectivity index (χ0) is 16.1. The predicted octanol–water partition coefficient (Wildman–Crippen LogP) is 1.69. The van der Waals surface area contributed by atoms with E-state index in [2.05, 4.69) is 36.1 Å². The smallest absolute Gasteiger partial charge is 0.161 e. The fourth-order valence-corrected chi connectivity index (χ4v) is 3.03. The molecule has 124 valence electrons. The van der Waals surface area contributed by atoms with Gasteiger partial charge in [-0.25, -0.2) is 0 Å². The van der Waals surface area contributed by atoms with Gasteiger partial charge in [0.2, 0.25) is 0 Å². The third kappa shape index (κ3) is 4.35. The number of hydrogen-bond donors (Lipinski definition) is 2. The number of nitrogens with zero attached hydrogens (tertiary/aromatic N) is 2. The zero-order valence-electron chi connectivity index (χ0n) is 14.2. The molecule has 22 heavy (non-hydrogen) atoms. The van der Waals surface area contributed by atoms with Gasteiger partial charge in [0, 0.05) is 38.3 Å². The van der Waals surface area contributed by atoms with E-state index in [0.717, 1.165) is 26.2 Å². The molecule has 1 saturated heterocycles. The Bertz CT molecular complexity index is 479. The molecule has 0 radical (unpaired) electrons. The Morgan fingerprint density at radius 2 is 2.23 bits per heavy atom. The summed E-state index contributed by atoms with van der Waals surface area (Å²) in [4.78, 5) is 4.73. The lowest BCUT2D eigenvalue weighted by atomic mass is 10.0. The average Bonchev–Trinajstić information content (AvgIpc) is 2.47. The van der Waals surface area contributed by atoms with E-state index < -0.39 is 0 Å². The van der Waals surface area contributed by atoms with Crippen LogP contribution in [0.4, 0.5) is 0 Å². The van der Waals surface area contributed by atoms with Gasteiger partial charge >= 0.3 is 0 Å². The largest absolute Gasteiger partial charge is 0.504 e. The summed E-state index contributed by atoms with van der Waals surface area (Å²) in [6.45, 7) is 8.74. The minimum Gasteiger partial charge on any atom is -0.504 e. The van der Waals surface area contributed by atoms with Crippen LogP contribution < -0.4 is 10.1 Å². The lowest BCUT2D eigenvalue weighted by Gasteiger charge is -2.39. The molecule has 5 nitrogen and oxygen atoms in total. The fraction of sp³-hybridized carbons (Fsp3) is 0.647. The molecule has 1 fully saturated rings. The summed E-state index contributed by atoms with van der Waals surface area (Å²) in [6.07, 6.45) is 0. The van der Waals surface area contributed by atoms with E-state index in [1.807, 2.05) is 19.1 Å². The molecule has 0 amide bonds. The fourth-order valence-electron chi connectivity index (χ4n) is 3.03. The van der Waals surface area contributed by atoms with Crippen molar-refractivity contribution in [2.45, 2.75) is 25.9 Å².